The minimum atomic E-state index is -2.46. The van der Waals surface area contributed by atoms with Crippen molar-refractivity contribution in [3.8, 4) is 0 Å². The van der Waals surface area contributed by atoms with Crippen molar-refractivity contribution in [2.75, 3.05) is 0 Å². The smallest absolute Gasteiger partial charge is 1.00 e. The van der Waals surface area contributed by atoms with E-state index in [1.807, 2.05) is 0 Å². The summed E-state index contributed by atoms with van der Waals surface area (Å²) in [5.74, 6) is -23.6. The molecule has 27 heavy (non-hydrogen) atoms. The zero-order valence-electron chi connectivity index (χ0n) is 11.8. The van der Waals surface area contributed by atoms with Gasteiger partial charge in [0.2, 0.25) is 0 Å². The van der Waals surface area contributed by atoms with Crippen LogP contribution in [-0.2, 0) is 14.8 Å². The Bertz CT molecular complexity index is 831. The van der Waals surface area contributed by atoms with Gasteiger partial charge in [0.05, 0.1) is 0 Å². The SMILES string of the molecule is Fc1c(F)c(F)c([N]=[Cr+2]=[N]c2c(F)c(F)c(F)c(F)c2F)c(F)c1F.[Cl-].[Cl-]. The molecule has 2 nitrogen and oxygen atoms in total. The molecule has 0 aliphatic carbocycles. The van der Waals surface area contributed by atoms with Crippen LogP contribution in [0, 0.1) is 58.2 Å². The van der Waals surface area contributed by atoms with Gasteiger partial charge in [0.1, 0.15) is 0 Å². The fourth-order valence-corrected chi connectivity index (χ4v) is 2.27. The van der Waals surface area contributed by atoms with Gasteiger partial charge in [-0.25, -0.2) is 0 Å². The van der Waals surface area contributed by atoms with Crippen LogP contribution in [0.1, 0.15) is 0 Å². The van der Waals surface area contributed by atoms with E-state index in [4.69, 9.17) is 0 Å². The van der Waals surface area contributed by atoms with Gasteiger partial charge >= 0.3 is 136 Å². The number of halogens is 12. The fourth-order valence-electron chi connectivity index (χ4n) is 1.45. The van der Waals surface area contributed by atoms with Crippen molar-refractivity contribution in [1.82, 2.24) is 0 Å². The average molecular weight is 485 g/mol. The number of hydrogen-bond acceptors (Lipinski definition) is 2. The van der Waals surface area contributed by atoms with Crippen LogP contribution in [0.3, 0.4) is 0 Å². The molecule has 0 radical (unpaired) electrons. The number of hydrogen-bond donors (Lipinski definition) is 0. The van der Waals surface area contributed by atoms with Gasteiger partial charge in [-0.2, -0.15) is 0 Å². The monoisotopic (exact) mass is 484 g/mol. The van der Waals surface area contributed by atoms with E-state index >= 15 is 0 Å². The first-order valence-corrected chi connectivity index (χ1v) is 6.84. The van der Waals surface area contributed by atoms with E-state index in [1.165, 1.54) is 0 Å². The summed E-state index contributed by atoms with van der Waals surface area (Å²) in [6.07, 6.45) is 0. The molecule has 0 unspecified atom stereocenters. The first kappa shape index (κ1) is 25.5. The third-order valence-corrected chi connectivity index (χ3v) is 3.46. The van der Waals surface area contributed by atoms with Crippen molar-refractivity contribution in [2.45, 2.75) is 0 Å². The van der Waals surface area contributed by atoms with Crippen molar-refractivity contribution in [3.63, 3.8) is 0 Å². The maximum Gasteiger partial charge on any atom is -1.00 e. The number of nitrogens with zero attached hydrogens (tertiary/aromatic N) is 2. The van der Waals surface area contributed by atoms with Crippen LogP contribution in [-0.4, -0.2) is 0 Å². The first-order chi connectivity index (χ1) is 11.6. The van der Waals surface area contributed by atoms with Gasteiger partial charge in [0.15, 0.2) is 0 Å². The summed E-state index contributed by atoms with van der Waals surface area (Å²) in [6.45, 7) is 0. The second kappa shape index (κ2) is 9.59. The van der Waals surface area contributed by atoms with Crippen molar-refractivity contribution < 1.29 is 83.5 Å². The van der Waals surface area contributed by atoms with E-state index in [0.717, 1.165) is 0 Å². The Morgan fingerprint density at radius 1 is 0.370 bits per heavy atom. The van der Waals surface area contributed by atoms with Crippen LogP contribution in [0.25, 0.3) is 0 Å². The Morgan fingerprint density at radius 2 is 0.556 bits per heavy atom. The maximum absolute atomic E-state index is 13.3. The molecule has 0 bridgehead atoms. The van der Waals surface area contributed by atoms with Crippen LogP contribution in [0.5, 0.6) is 0 Å². The Balaban J connectivity index is 0.00000338. The Kier molecular flexibility index (Phi) is 9.04. The molecular formula is C12Cl2CrF10N2. The van der Waals surface area contributed by atoms with Crippen LogP contribution in [0.15, 0.2) is 7.86 Å². The minimum absolute atomic E-state index is 0. The molecule has 148 valence electrons. The summed E-state index contributed by atoms with van der Waals surface area (Å²) >= 11 is -2.02. The van der Waals surface area contributed by atoms with E-state index < -0.39 is 84.4 Å². The van der Waals surface area contributed by atoms with Crippen LogP contribution < -0.4 is 24.8 Å². The molecule has 0 heterocycles. The maximum atomic E-state index is 13.3. The van der Waals surface area contributed by atoms with E-state index in [0.29, 0.717) is 0 Å². The quantitative estimate of drug-likeness (QED) is 0.312. The molecule has 0 spiro atoms. The van der Waals surface area contributed by atoms with Crippen LogP contribution in [0.2, 0.25) is 0 Å². The van der Waals surface area contributed by atoms with Crippen molar-refractivity contribution >= 4 is 11.4 Å². The largest absolute Gasteiger partial charge is 1.00 e. The van der Waals surface area contributed by atoms with Crippen LogP contribution >= 0.6 is 0 Å². The van der Waals surface area contributed by atoms with Gasteiger partial charge in [-0.15, -0.1) is 0 Å². The Morgan fingerprint density at radius 3 is 0.778 bits per heavy atom. The van der Waals surface area contributed by atoms with Gasteiger partial charge < -0.3 is 24.8 Å². The second-order valence-corrected chi connectivity index (χ2v) is 4.93. The van der Waals surface area contributed by atoms with Gasteiger partial charge in [-0.05, 0) is 0 Å². The molecule has 2 aromatic rings. The molecular weight excluding hydrogens is 485 g/mol. The normalized spacial score (nSPS) is 9.85. The summed E-state index contributed by atoms with van der Waals surface area (Å²) in [6, 6.07) is 0. The molecule has 0 atom stereocenters. The fraction of sp³-hybridized carbons (Fsp3) is 0. The third kappa shape index (κ3) is 4.48. The van der Waals surface area contributed by atoms with Gasteiger partial charge in [0.25, 0.3) is 0 Å². The number of rotatable bonds is 2. The molecule has 0 aromatic heterocycles. The molecule has 2 aromatic carbocycles. The predicted octanol–water partition coefficient (Wildman–Crippen LogP) is -0.501. The topological polar surface area (TPSA) is 24.7 Å². The van der Waals surface area contributed by atoms with Gasteiger partial charge in [-0.1, -0.05) is 0 Å². The first-order valence-electron chi connectivity index (χ1n) is 5.70. The van der Waals surface area contributed by atoms with E-state index in [9.17, 15) is 43.9 Å². The summed E-state index contributed by atoms with van der Waals surface area (Å²) in [4.78, 5) is 0. The average Bonchev–Trinajstić information content (AvgIpc) is 2.60. The third-order valence-electron chi connectivity index (χ3n) is 2.64. The molecule has 0 saturated carbocycles. The van der Waals surface area contributed by atoms with Crippen molar-refractivity contribution in [2.24, 2.45) is 7.86 Å². The molecule has 0 aliphatic rings. The molecule has 15 heteroatoms. The summed E-state index contributed by atoms with van der Waals surface area (Å²) in [5.41, 5.74) is -3.38. The molecule has 0 fully saturated rings. The molecule has 0 aliphatic heterocycles. The van der Waals surface area contributed by atoms with Crippen molar-refractivity contribution in [3.05, 3.63) is 58.2 Å². The van der Waals surface area contributed by atoms with Gasteiger partial charge in [-0.3, -0.25) is 0 Å². The summed E-state index contributed by atoms with van der Waals surface area (Å²) < 4.78 is 136. The van der Waals surface area contributed by atoms with Crippen molar-refractivity contribution in [1.29, 1.82) is 0 Å². The predicted molar refractivity (Wildman–Crippen MR) is 56.6 cm³/mol. The molecule has 0 saturated heterocycles. The van der Waals surface area contributed by atoms with E-state index in [2.05, 4.69) is 7.86 Å². The second-order valence-electron chi connectivity index (χ2n) is 4.10. The number of benzene rings is 2. The minimum Gasteiger partial charge on any atom is -1.00 e. The van der Waals surface area contributed by atoms with Gasteiger partial charge in [0, 0.05) is 0 Å². The standard InChI is InChI=1S/2C6F5N.2ClH.Cr/c2*7-1-2(8)4(10)6(12)5(11)3(1)9;;;/h;;2*1H;/q;;;;+2/p-2. The Hall–Kier alpha value is -1.55. The zero-order chi connectivity index (χ0) is 19.0. The van der Waals surface area contributed by atoms with E-state index in [1.54, 1.807) is 0 Å². The zero-order valence-corrected chi connectivity index (χ0v) is 14.6. The summed E-state index contributed by atoms with van der Waals surface area (Å²) in [5, 5.41) is 0. The summed E-state index contributed by atoms with van der Waals surface area (Å²) in [7, 11) is 0. The van der Waals surface area contributed by atoms with Crippen LogP contribution in [0.4, 0.5) is 55.3 Å². The Labute approximate surface area is 161 Å². The molecule has 2 rings (SSSR count). The van der Waals surface area contributed by atoms with E-state index in [-0.39, 0.29) is 24.8 Å². The molecule has 0 N–H and O–H groups in total. The molecule has 0 amide bonds.